The minimum atomic E-state index is -0.514. The number of nitrogens with zero attached hydrogens (tertiary/aromatic N) is 1. The van der Waals surface area contributed by atoms with Gasteiger partial charge in [-0.25, -0.2) is 9.18 Å². The molecule has 7 heteroatoms. The van der Waals surface area contributed by atoms with Crippen LogP contribution in [0.3, 0.4) is 0 Å². The maximum absolute atomic E-state index is 13.1. The Kier molecular flexibility index (Phi) is 5.49. The van der Waals surface area contributed by atoms with Gasteiger partial charge in [-0.05, 0) is 75.0 Å². The number of halogens is 1. The highest BCUT2D eigenvalue weighted by Gasteiger charge is 2.26. The molecule has 1 aliphatic heterocycles. The highest BCUT2D eigenvalue weighted by atomic mass is 19.1. The molecule has 2 heterocycles. The monoisotopic (exact) mass is 397 g/mol. The highest BCUT2D eigenvalue weighted by molar-refractivity contribution is 5.95. The van der Waals surface area contributed by atoms with Crippen LogP contribution < -0.4 is 11.1 Å². The number of nitrogens with one attached hydrogen (secondary N) is 2. The second kappa shape index (κ2) is 8.21. The fraction of sp³-hybridized carbons (Fsp3) is 0.364. The number of piperidine rings is 1. The van der Waals surface area contributed by atoms with Gasteiger partial charge >= 0.3 is 5.76 Å². The number of oxazole rings is 1. The first-order valence-corrected chi connectivity index (χ1v) is 9.90. The molecule has 0 bridgehead atoms. The normalized spacial score (nSPS) is 16.8. The molecule has 2 aromatic carbocycles. The van der Waals surface area contributed by atoms with Crippen LogP contribution in [0.25, 0.3) is 11.1 Å². The standard InChI is InChI=1S/C22H24FN3O3/c1-14(21(27)24-18-6-7-19-20(13-18)29-22(28)25-19)26-10-8-16(9-11-26)12-15-2-4-17(23)5-3-15/h2-7,13-14,16H,8-12H2,1H3,(H,24,27)(H,25,28). The summed E-state index contributed by atoms with van der Waals surface area (Å²) in [5, 5.41) is 2.90. The first kappa shape index (κ1) is 19.4. The van der Waals surface area contributed by atoms with Gasteiger partial charge in [-0.15, -0.1) is 0 Å². The van der Waals surface area contributed by atoms with Crippen molar-refractivity contribution in [2.24, 2.45) is 5.92 Å². The molecule has 0 spiro atoms. The molecule has 1 fully saturated rings. The molecular formula is C22H24FN3O3. The van der Waals surface area contributed by atoms with Gasteiger partial charge < -0.3 is 9.73 Å². The topological polar surface area (TPSA) is 78.3 Å². The average molecular weight is 397 g/mol. The van der Waals surface area contributed by atoms with Crippen molar-refractivity contribution in [1.29, 1.82) is 0 Å². The number of amides is 1. The zero-order valence-electron chi connectivity index (χ0n) is 16.3. The Hall–Kier alpha value is -2.93. The van der Waals surface area contributed by atoms with E-state index >= 15 is 0 Å². The summed E-state index contributed by atoms with van der Waals surface area (Å²) in [5.74, 6) is -0.258. The molecule has 6 nitrogen and oxygen atoms in total. The van der Waals surface area contributed by atoms with Gasteiger partial charge in [0.05, 0.1) is 11.6 Å². The van der Waals surface area contributed by atoms with Crippen molar-refractivity contribution in [3.8, 4) is 0 Å². The molecule has 1 saturated heterocycles. The van der Waals surface area contributed by atoms with Crippen LogP contribution in [0.1, 0.15) is 25.3 Å². The molecule has 4 rings (SSSR count). The Morgan fingerprint density at radius 3 is 2.69 bits per heavy atom. The van der Waals surface area contributed by atoms with Gasteiger partial charge in [0.25, 0.3) is 0 Å². The number of carbonyl (C=O) groups excluding carboxylic acids is 1. The Balaban J connectivity index is 1.31. The fourth-order valence-corrected chi connectivity index (χ4v) is 3.93. The van der Waals surface area contributed by atoms with Crippen LogP contribution in [0.4, 0.5) is 10.1 Å². The summed E-state index contributed by atoms with van der Waals surface area (Å²) in [4.78, 5) is 28.7. The lowest BCUT2D eigenvalue weighted by Gasteiger charge is -2.35. The predicted octanol–water partition coefficient (Wildman–Crippen LogP) is 3.54. The molecule has 1 aromatic heterocycles. The molecule has 1 unspecified atom stereocenters. The molecule has 1 amide bonds. The number of fused-ring (bicyclic) bond motifs is 1. The van der Waals surface area contributed by atoms with E-state index in [9.17, 15) is 14.0 Å². The summed E-state index contributed by atoms with van der Waals surface area (Å²) in [5.41, 5.74) is 2.78. The molecule has 152 valence electrons. The number of hydrogen-bond donors (Lipinski definition) is 2. The number of carbonyl (C=O) groups is 1. The molecular weight excluding hydrogens is 373 g/mol. The molecule has 1 atom stereocenters. The third-order valence-corrected chi connectivity index (χ3v) is 5.70. The lowest BCUT2D eigenvalue weighted by atomic mass is 9.89. The van der Waals surface area contributed by atoms with Gasteiger partial charge in [0.2, 0.25) is 5.91 Å². The number of benzene rings is 2. The molecule has 1 aliphatic rings. The van der Waals surface area contributed by atoms with Crippen molar-refractivity contribution in [3.63, 3.8) is 0 Å². The van der Waals surface area contributed by atoms with E-state index in [1.807, 2.05) is 19.1 Å². The van der Waals surface area contributed by atoms with Crippen LogP contribution >= 0.6 is 0 Å². The lowest BCUT2D eigenvalue weighted by Crippen LogP contribution is -2.46. The van der Waals surface area contributed by atoms with Crippen molar-refractivity contribution in [2.45, 2.75) is 32.2 Å². The zero-order chi connectivity index (χ0) is 20.4. The van der Waals surface area contributed by atoms with Gasteiger partial charge in [-0.2, -0.15) is 0 Å². The summed E-state index contributed by atoms with van der Waals surface area (Å²) in [6.45, 7) is 3.61. The Bertz CT molecular complexity index is 1050. The third-order valence-electron chi connectivity index (χ3n) is 5.70. The molecule has 29 heavy (non-hydrogen) atoms. The quantitative estimate of drug-likeness (QED) is 0.690. The van der Waals surface area contributed by atoms with E-state index in [4.69, 9.17) is 4.42 Å². The molecule has 0 radical (unpaired) electrons. The Morgan fingerprint density at radius 2 is 1.97 bits per heavy atom. The van der Waals surface area contributed by atoms with E-state index in [0.29, 0.717) is 22.7 Å². The van der Waals surface area contributed by atoms with Crippen molar-refractivity contribution in [1.82, 2.24) is 9.88 Å². The second-order valence-corrected chi connectivity index (χ2v) is 7.70. The van der Waals surface area contributed by atoms with Crippen molar-refractivity contribution < 1.29 is 13.6 Å². The van der Waals surface area contributed by atoms with Crippen LogP contribution in [-0.4, -0.2) is 34.9 Å². The number of hydrogen-bond acceptors (Lipinski definition) is 4. The first-order valence-electron chi connectivity index (χ1n) is 9.90. The van der Waals surface area contributed by atoms with Crippen LogP contribution in [0.15, 0.2) is 51.7 Å². The number of H-pyrrole nitrogens is 1. The summed E-state index contributed by atoms with van der Waals surface area (Å²) >= 11 is 0. The minimum Gasteiger partial charge on any atom is -0.408 e. The van der Waals surface area contributed by atoms with Crippen LogP contribution in [0.5, 0.6) is 0 Å². The molecule has 2 N–H and O–H groups in total. The maximum Gasteiger partial charge on any atom is 0.417 e. The van der Waals surface area contributed by atoms with E-state index in [0.717, 1.165) is 37.9 Å². The van der Waals surface area contributed by atoms with Crippen LogP contribution in [0.2, 0.25) is 0 Å². The SMILES string of the molecule is CC(C(=O)Nc1ccc2[nH]c(=O)oc2c1)N1CCC(Cc2ccc(F)cc2)CC1. The largest absolute Gasteiger partial charge is 0.417 e. The number of likely N-dealkylation sites (tertiary alicyclic amines) is 1. The summed E-state index contributed by atoms with van der Waals surface area (Å²) in [6, 6.07) is 11.6. The van der Waals surface area contributed by atoms with E-state index in [1.165, 1.54) is 12.1 Å². The average Bonchev–Trinajstić information content (AvgIpc) is 3.09. The minimum absolute atomic E-state index is 0.0841. The second-order valence-electron chi connectivity index (χ2n) is 7.70. The highest BCUT2D eigenvalue weighted by Crippen LogP contribution is 2.24. The molecule has 0 aliphatic carbocycles. The van der Waals surface area contributed by atoms with Crippen molar-refractivity contribution in [3.05, 3.63) is 64.4 Å². The summed E-state index contributed by atoms with van der Waals surface area (Å²) in [6.07, 6.45) is 2.96. The van der Waals surface area contributed by atoms with E-state index < -0.39 is 5.76 Å². The van der Waals surface area contributed by atoms with Gasteiger partial charge in [0.15, 0.2) is 5.58 Å². The lowest BCUT2D eigenvalue weighted by molar-refractivity contribution is -0.121. The van der Waals surface area contributed by atoms with E-state index in [-0.39, 0.29) is 17.8 Å². The number of aromatic nitrogens is 1. The van der Waals surface area contributed by atoms with Crippen molar-refractivity contribution >= 4 is 22.7 Å². The smallest absolute Gasteiger partial charge is 0.408 e. The maximum atomic E-state index is 13.1. The Labute approximate surface area is 167 Å². The number of anilines is 1. The van der Waals surface area contributed by atoms with Gasteiger partial charge in [0, 0.05) is 11.8 Å². The van der Waals surface area contributed by atoms with Crippen LogP contribution in [-0.2, 0) is 11.2 Å². The Morgan fingerprint density at radius 1 is 1.24 bits per heavy atom. The zero-order valence-corrected chi connectivity index (χ0v) is 16.3. The van der Waals surface area contributed by atoms with Gasteiger partial charge in [-0.1, -0.05) is 12.1 Å². The third kappa shape index (κ3) is 4.56. The molecule has 0 saturated carbocycles. The van der Waals surface area contributed by atoms with Crippen molar-refractivity contribution in [2.75, 3.05) is 18.4 Å². The van der Waals surface area contributed by atoms with Gasteiger partial charge in [0.1, 0.15) is 5.82 Å². The summed E-state index contributed by atoms with van der Waals surface area (Å²) < 4.78 is 18.1. The van der Waals surface area contributed by atoms with Gasteiger partial charge in [-0.3, -0.25) is 14.7 Å². The predicted molar refractivity (Wildman–Crippen MR) is 109 cm³/mol. The fourth-order valence-electron chi connectivity index (χ4n) is 3.93. The number of rotatable bonds is 5. The number of aromatic amines is 1. The molecule has 3 aromatic rings. The van der Waals surface area contributed by atoms with E-state index in [2.05, 4.69) is 15.2 Å². The first-order chi connectivity index (χ1) is 14.0. The van der Waals surface area contributed by atoms with Crippen LogP contribution in [0, 0.1) is 11.7 Å². The van der Waals surface area contributed by atoms with E-state index in [1.54, 1.807) is 18.2 Å². The summed E-state index contributed by atoms with van der Waals surface area (Å²) in [7, 11) is 0.